The molecular weight excluding hydrogens is 354 g/mol. The maximum atomic E-state index is 11.4. The minimum absolute atomic E-state index is 0.0739. The lowest BCUT2D eigenvalue weighted by atomic mass is 10.2. The summed E-state index contributed by atoms with van der Waals surface area (Å²) in [6, 6.07) is 10.8. The van der Waals surface area contributed by atoms with Gasteiger partial charge in [-0.2, -0.15) is 0 Å². The van der Waals surface area contributed by atoms with E-state index >= 15 is 0 Å². The largest absolute Gasteiger partial charge is 0.479 e. The maximum Gasteiger partial charge on any atom is 0.346 e. The number of nitrogens with zero attached hydrogens (tertiary/aromatic N) is 3. The van der Waals surface area contributed by atoms with Crippen molar-refractivity contribution in [2.75, 3.05) is 7.11 Å². The van der Waals surface area contributed by atoms with Crippen LogP contribution in [0.15, 0.2) is 48.7 Å². The molecule has 0 N–H and O–H groups in total. The number of benzene rings is 2. The van der Waals surface area contributed by atoms with E-state index in [-0.39, 0.29) is 11.6 Å². The SMILES string of the molecule is COC(=O)C(C)Oc1ccc(Oc2cnc3ccc([N+](=O)[O-])cc3n2)cc1. The lowest BCUT2D eigenvalue weighted by Crippen LogP contribution is -2.24. The topological polar surface area (TPSA) is 114 Å². The highest BCUT2D eigenvalue weighted by Crippen LogP contribution is 2.25. The molecule has 0 amide bonds. The van der Waals surface area contributed by atoms with Crippen molar-refractivity contribution in [2.45, 2.75) is 13.0 Å². The van der Waals surface area contributed by atoms with Crippen molar-refractivity contribution in [1.82, 2.24) is 9.97 Å². The van der Waals surface area contributed by atoms with Crippen LogP contribution in [0.2, 0.25) is 0 Å². The van der Waals surface area contributed by atoms with E-state index < -0.39 is 17.0 Å². The summed E-state index contributed by atoms with van der Waals surface area (Å²) in [5.41, 5.74) is 0.803. The predicted octanol–water partition coefficient (Wildman–Crippen LogP) is 3.27. The second kappa shape index (κ2) is 7.65. The molecule has 0 aliphatic heterocycles. The molecule has 0 spiro atoms. The Labute approximate surface area is 153 Å². The van der Waals surface area contributed by atoms with E-state index in [2.05, 4.69) is 14.7 Å². The smallest absolute Gasteiger partial charge is 0.346 e. The van der Waals surface area contributed by atoms with Crippen LogP contribution >= 0.6 is 0 Å². The molecule has 1 aromatic heterocycles. The van der Waals surface area contributed by atoms with Crippen LogP contribution in [0, 0.1) is 10.1 Å². The van der Waals surface area contributed by atoms with Gasteiger partial charge < -0.3 is 14.2 Å². The Kier molecular flexibility index (Phi) is 5.11. The van der Waals surface area contributed by atoms with Gasteiger partial charge in [0.1, 0.15) is 11.5 Å². The van der Waals surface area contributed by atoms with Crippen molar-refractivity contribution in [3.63, 3.8) is 0 Å². The molecule has 138 valence electrons. The number of aromatic nitrogens is 2. The summed E-state index contributed by atoms with van der Waals surface area (Å²) in [5.74, 6) is 0.656. The molecule has 27 heavy (non-hydrogen) atoms. The van der Waals surface area contributed by atoms with Crippen LogP contribution in [0.3, 0.4) is 0 Å². The lowest BCUT2D eigenvalue weighted by Gasteiger charge is -2.12. The molecule has 3 rings (SSSR count). The van der Waals surface area contributed by atoms with Crippen LogP contribution in [0.5, 0.6) is 17.4 Å². The molecule has 0 saturated carbocycles. The summed E-state index contributed by atoms with van der Waals surface area (Å²) in [6.45, 7) is 1.58. The third-order valence-corrected chi connectivity index (χ3v) is 3.61. The van der Waals surface area contributed by atoms with Gasteiger partial charge in [0, 0.05) is 12.1 Å². The van der Waals surface area contributed by atoms with Crippen molar-refractivity contribution in [1.29, 1.82) is 0 Å². The molecule has 1 unspecified atom stereocenters. The highest BCUT2D eigenvalue weighted by molar-refractivity contribution is 5.77. The number of nitro groups is 1. The lowest BCUT2D eigenvalue weighted by molar-refractivity contribution is -0.384. The molecule has 9 heteroatoms. The van der Waals surface area contributed by atoms with Crippen LogP contribution in [0.1, 0.15) is 6.92 Å². The summed E-state index contributed by atoms with van der Waals surface area (Å²) < 4.78 is 15.7. The van der Waals surface area contributed by atoms with E-state index in [4.69, 9.17) is 9.47 Å². The third kappa shape index (κ3) is 4.27. The fraction of sp³-hybridized carbons (Fsp3) is 0.167. The summed E-state index contributed by atoms with van der Waals surface area (Å²) in [7, 11) is 1.29. The van der Waals surface area contributed by atoms with Gasteiger partial charge >= 0.3 is 5.97 Å². The molecule has 0 aliphatic carbocycles. The number of nitro benzene ring substituents is 1. The number of hydrogen-bond acceptors (Lipinski definition) is 8. The highest BCUT2D eigenvalue weighted by atomic mass is 16.6. The van der Waals surface area contributed by atoms with Gasteiger partial charge in [-0.15, -0.1) is 0 Å². The molecule has 0 bridgehead atoms. The fourth-order valence-electron chi connectivity index (χ4n) is 2.27. The number of rotatable bonds is 6. The van der Waals surface area contributed by atoms with E-state index in [0.29, 0.717) is 22.5 Å². The summed E-state index contributed by atoms with van der Waals surface area (Å²) in [5, 5.41) is 10.9. The van der Waals surface area contributed by atoms with Crippen molar-refractivity contribution < 1.29 is 23.9 Å². The summed E-state index contributed by atoms with van der Waals surface area (Å²) in [4.78, 5) is 30.2. The molecule has 0 saturated heterocycles. The zero-order valence-electron chi connectivity index (χ0n) is 14.5. The van der Waals surface area contributed by atoms with Gasteiger partial charge in [-0.1, -0.05) is 0 Å². The first-order valence-corrected chi connectivity index (χ1v) is 7.90. The van der Waals surface area contributed by atoms with Crippen LogP contribution in [-0.4, -0.2) is 34.1 Å². The van der Waals surface area contributed by atoms with Crippen LogP contribution in [0.25, 0.3) is 11.0 Å². The van der Waals surface area contributed by atoms with Gasteiger partial charge in [0.25, 0.3) is 5.69 Å². The van der Waals surface area contributed by atoms with Crippen molar-refractivity contribution >= 4 is 22.7 Å². The first-order chi connectivity index (χ1) is 13.0. The molecule has 0 radical (unpaired) electrons. The summed E-state index contributed by atoms with van der Waals surface area (Å²) >= 11 is 0. The normalized spacial score (nSPS) is 11.6. The minimum atomic E-state index is -0.732. The van der Waals surface area contributed by atoms with Crippen molar-refractivity contribution in [3.8, 4) is 17.4 Å². The number of fused-ring (bicyclic) bond motifs is 1. The average molecular weight is 369 g/mol. The Bertz CT molecular complexity index is 990. The predicted molar refractivity (Wildman–Crippen MR) is 94.8 cm³/mol. The number of hydrogen-bond donors (Lipinski definition) is 0. The van der Waals surface area contributed by atoms with E-state index in [1.54, 1.807) is 31.2 Å². The van der Waals surface area contributed by atoms with E-state index in [9.17, 15) is 14.9 Å². The fourth-order valence-corrected chi connectivity index (χ4v) is 2.27. The van der Waals surface area contributed by atoms with Gasteiger partial charge in [-0.05, 0) is 37.3 Å². The van der Waals surface area contributed by atoms with E-state index in [1.807, 2.05) is 0 Å². The Hall–Kier alpha value is -3.75. The first-order valence-electron chi connectivity index (χ1n) is 7.90. The Balaban J connectivity index is 1.74. The summed E-state index contributed by atoms with van der Waals surface area (Å²) in [6.07, 6.45) is 0.696. The van der Waals surface area contributed by atoms with E-state index in [1.165, 1.54) is 31.5 Å². The zero-order valence-corrected chi connectivity index (χ0v) is 14.5. The number of ether oxygens (including phenoxy) is 3. The monoisotopic (exact) mass is 369 g/mol. The molecule has 3 aromatic rings. The Morgan fingerprint density at radius 3 is 2.48 bits per heavy atom. The van der Waals surface area contributed by atoms with Gasteiger partial charge in [0.2, 0.25) is 5.88 Å². The van der Waals surface area contributed by atoms with Crippen molar-refractivity contribution in [3.05, 3.63) is 58.8 Å². The van der Waals surface area contributed by atoms with Gasteiger partial charge in [-0.3, -0.25) is 10.1 Å². The molecule has 9 nitrogen and oxygen atoms in total. The number of carbonyl (C=O) groups excluding carboxylic acids is 1. The van der Waals surface area contributed by atoms with E-state index in [0.717, 1.165) is 0 Å². The molecular formula is C18H15N3O6. The first kappa shape index (κ1) is 18.1. The van der Waals surface area contributed by atoms with Crippen LogP contribution in [-0.2, 0) is 9.53 Å². The Morgan fingerprint density at radius 2 is 1.81 bits per heavy atom. The number of non-ortho nitro benzene ring substituents is 1. The van der Waals surface area contributed by atoms with Crippen LogP contribution in [0.4, 0.5) is 5.69 Å². The molecule has 1 atom stereocenters. The molecule has 1 heterocycles. The van der Waals surface area contributed by atoms with Gasteiger partial charge in [-0.25, -0.2) is 14.8 Å². The third-order valence-electron chi connectivity index (χ3n) is 3.61. The highest BCUT2D eigenvalue weighted by Gasteiger charge is 2.14. The second-order valence-electron chi connectivity index (χ2n) is 5.50. The van der Waals surface area contributed by atoms with Gasteiger partial charge in [0.05, 0.1) is 29.3 Å². The number of methoxy groups -OCH3 is 1. The molecule has 0 fully saturated rings. The maximum absolute atomic E-state index is 11.4. The zero-order chi connectivity index (χ0) is 19.4. The number of esters is 1. The second-order valence-corrected chi connectivity index (χ2v) is 5.50. The molecule has 2 aromatic carbocycles. The average Bonchev–Trinajstić information content (AvgIpc) is 2.68. The number of carbonyl (C=O) groups is 1. The minimum Gasteiger partial charge on any atom is -0.479 e. The van der Waals surface area contributed by atoms with Gasteiger partial charge in [0.15, 0.2) is 6.10 Å². The molecule has 0 aliphatic rings. The standard InChI is InChI=1S/C18H15N3O6/c1-11(18(22)25-2)26-13-4-6-14(7-5-13)27-17-10-19-15-8-3-12(21(23)24)9-16(15)20-17/h3-11H,1-2H3. The Morgan fingerprint density at radius 1 is 1.11 bits per heavy atom. The quantitative estimate of drug-likeness (QED) is 0.369. The van der Waals surface area contributed by atoms with Crippen LogP contribution < -0.4 is 9.47 Å². The van der Waals surface area contributed by atoms with Crippen molar-refractivity contribution in [2.24, 2.45) is 0 Å².